The summed E-state index contributed by atoms with van der Waals surface area (Å²) in [5.41, 5.74) is 3.10. The first-order valence-corrected chi connectivity index (χ1v) is 9.37. The van der Waals surface area contributed by atoms with Crippen molar-refractivity contribution in [1.82, 2.24) is 19.5 Å². The van der Waals surface area contributed by atoms with Crippen molar-refractivity contribution in [3.8, 4) is 0 Å². The maximum absolute atomic E-state index is 12.9. The Balaban J connectivity index is 1.67. The third kappa shape index (κ3) is 3.17. The highest BCUT2D eigenvalue weighted by atomic mass is 16.2. The monoisotopic (exact) mass is 374 g/mol. The molecule has 0 unspecified atom stereocenters. The summed E-state index contributed by atoms with van der Waals surface area (Å²) in [4.78, 5) is 29.0. The van der Waals surface area contributed by atoms with Crippen LogP contribution in [0.15, 0.2) is 65.5 Å². The van der Waals surface area contributed by atoms with Crippen molar-refractivity contribution < 1.29 is 4.79 Å². The van der Waals surface area contributed by atoms with Gasteiger partial charge >= 0.3 is 0 Å². The van der Waals surface area contributed by atoms with Gasteiger partial charge in [0.15, 0.2) is 5.65 Å². The molecule has 6 nitrogen and oxygen atoms in total. The van der Waals surface area contributed by atoms with Gasteiger partial charge in [0.2, 0.25) is 5.91 Å². The van der Waals surface area contributed by atoms with Crippen LogP contribution >= 0.6 is 0 Å². The van der Waals surface area contributed by atoms with E-state index in [1.807, 2.05) is 77.6 Å². The van der Waals surface area contributed by atoms with Crippen LogP contribution in [0.2, 0.25) is 0 Å². The largest absolute Gasteiger partial charge is 0.354 e. The molecule has 0 saturated heterocycles. The Morgan fingerprint density at radius 1 is 1.11 bits per heavy atom. The third-order valence-electron chi connectivity index (χ3n) is 4.99. The fourth-order valence-corrected chi connectivity index (χ4v) is 3.62. The number of carbonyl (C=O) groups excluding carboxylic acids is 1. The molecule has 6 heteroatoms. The molecule has 2 aromatic heterocycles. The summed E-state index contributed by atoms with van der Waals surface area (Å²) < 4.78 is 3.76. The van der Waals surface area contributed by atoms with E-state index in [9.17, 15) is 9.59 Å². The van der Waals surface area contributed by atoms with Gasteiger partial charge in [-0.25, -0.2) is 4.52 Å². The molecule has 0 aliphatic carbocycles. The summed E-state index contributed by atoms with van der Waals surface area (Å²) in [6, 6.07) is 18.8. The maximum Gasteiger partial charge on any atom is 0.273 e. The number of rotatable bonds is 5. The van der Waals surface area contributed by atoms with Crippen molar-refractivity contribution >= 4 is 22.5 Å². The number of hydrogen-bond acceptors (Lipinski definition) is 3. The summed E-state index contributed by atoms with van der Waals surface area (Å²) in [6.45, 7) is 4.28. The summed E-state index contributed by atoms with van der Waals surface area (Å²) in [7, 11) is 0. The topological polar surface area (TPSA) is 68.4 Å². The number of nitrogens with one attached hydrogen (secondary N) is 1. The highest BCUT2D eigenvalue weighted by Gasteiger charge is 2.22. The summed E-state index contributed by atoms with van der Waals surface area (Å²) in [6.07, 6.45) is 0.778. The van der Waals surface area contributed by atoms with Gasteiger partial charge in [0.05, 0.1) is 5.52 Å². The van der Waals surface area contributed by atoms with Gasteiger partial charge in [0.1, 0.15) is 6.04 Å². The van der Waals surface area contributed by atoms with Crippen molar-refractivity contribution in [1.29, 1.82) is 0 Å². The number of aryl methyl sites for hydroxylation is 1. The van der Waals surface area contributed by atoms with Crippen LogP contribution in [-0.2, 0) is 11.2 Å². The average molecular weight is 374 g/mol. The Hall–Kier alpha value is -3.41. The van der Waals surface area contributed by atoms with Crippen LogP contribution < -0.4 is 10.9 Å². The van der Waals surface area contributed by atoms with E-state index in [1.54, 1.807) is 0 Å². The van der Waals surface area contributed by atoms with Crippen LogP contribution in [0.5, 0.6) is 0 Å². The number of benzene rings is 2. The zero-order valence-corrected chi connectivity index (χ0v) is 15.9. The van der Waals surface area contributed by atoms with Gasteiger partial charge in [-0.05, 0) is 38.0 Å². The minimum absolute atomic E-state index is 0.0725. The Labute approximate surface area is 162 Å². The lowest BCUT2D eigenvalue weighted by atomic mass is 10.1. The summed E-state index contributed by atoms with van der Waals surface area (Å²) in [5.74, 6) is -0.0725. The molecule has 1 N–H and O–H groups in total. The number of para-hydroxylation sites is 1. The van der Waals surface area contributed by atoms with Crippen molar-refractivity contribution in [3.05, 3.63) is 82.3 Å². The normalized spacial score (nSPS) is 12.4. The highest BCUT2D eigenvalue weighted by Crippen LogP contribution is 2.24. The maximum atomic E-state index is 12.9. The van der Waals surface area contributed by atoms with Crippen molar-refractivity contribution in [2.45, 2.75) is 26.3 Å². The first-order chi connectivity index (χ1) is 13.6. The van der Waals surface area contributed by atoms with E-state index in [0.717, 1.165) is 23.0 Å². The second kappa shape index (κ2) is 7.31. The molecule has 2 heterocycles. The smallest absolute Gasteiger partial charge is 0.273 e. The number of aromatic nitrogens is 3. The Kier molecular flexibility index (Phi) is 4.69. The molecular weight excluding hydrogens is 352 g/mol. The predicted molar refractivity (Wildman–Crippen MR) is 110 cm³/mol. The van der Waals surface area contributed by atoms with Crippen LogP contribution in [0, 0.1) is 6.92 Å². The van der Waals surface area contributed by atoms with E-state index in [0.29, 0.717) is 12.2 Å². The quantitative estimate of drug-likeness (QED) is 0.584. The second-order valence-corrected chi connectivity index (χ2v) is 6.94. The van der Waals surface area contributed by atoms with Gasteiger partial charge in [0, 0.05) is 23.7 Å². The molecule has 0 saturated carbocycles. The van der Waals surface area contributed by atoms with Crippen LogP contribution in [0.3, 0.4) is 0 Å². The third-order valence-corrected chi connectivity index (χ3v) is 4.99. The lowest BCUT2D eigenvalue weighted by Crippen LogP contribution is -2.34. The second-order valence-electron chi connectivity index (χ2n) is 6.94. The van der Waals surface area contributed by atoms with Crippen molar-refractivity contribution in [3.63, 3.8) is 0 Å². The molecule has 0 fully saturated rings. The molecule has 0 aliphatic rings. The molecule has 1 atom stereocenters. The first kappa shape index (κ1) is 18.0. The van der Waals surface area contributed by atoms with Gasteiger partial charge in [-0.15, -0.1) is 0 Å². The molecule has 142 valence electrons. The Morgan fingerprint density at radius 2 is 1.82 bits per heavy atom. The van der Waals surface area contributed by atoms with Crippen LogP contribution in [-0.4, -0.2) is 26.6 Å². The van der Waals surface area contributed by atoms with Gasteiger partial charge in [-0.2, -0.15) is 4.98 Å². The van der Waals surface area contributed by atoms with Gasteiger partial charge in [0.25, 0.3) is 5.56 Å². The van der Waals surface area contributed by atoms with E-state index >= 15 is 0 Å². The van der Waals surface area contributed by atoms with Crippen molar-refractivity contribution in [2.75, 3.05) is 6.54 Å². The average Bonchev–Trinajstić information content (AvgIpc) is 3.03. The first-order valence-electron chi connectivity index (χ1n) is 9.37. The molecule has 1 amide bonds. The molecule has 4 rings (SSSR count). The highest BCUT2D eigenvalue weighted by molar-refractivity contribution is 5.94. The fourth-order valence-electron chi connectivity index (χ4n) is 3.62. The fraction of sp³-hybridized carbons (Fsp3) is 0.227. The minimum atomic E-state index is -0.457. The molecule has 0 radical (unpaired) electrons. The number of amides is 1. The standard InChI is InChI=1S/C22H22N4O2/c1-15-14-20(27)24-21-18-10-6-7-11-19(18)26(25(15)21)16(2)22(28)23-13-12-17-8-4-3-5-9-17/h3-11,14,16H,12-13H2,1-2H3,(H,23,28)/t16-/m0/s1. The number of carbonyl (C=O) groups is 1. The van der Waals surface area contributed by atoms with E-state index in [1.165, 1.54) is 11.6 Å². The summed E-state index contributed by atoms with van der Waals surface area (Å²) >= 11 is 0. The van der Waals surface area contributed by atoms with E-state index in [2.05, 4.69) is 10.3 Å². The molecule has 2 aromatic carbocycles. The lowest BCUT2D eigenvalue weighted by Gasteiger charge is -2.18. The minimum Gasteiger partial charge on any atom is -0.354 e. The Morgan fingerprint density at radius 3 is 2.61 bits per heavy atom. The van der Waals surface area contributed by atoms with Gasteiger partial charge in [-0.3, -0.25) is 14.3 Å². The Bertz CT molecular complexity index is 1210. The van der Waals surface area contributed by atoms with Gasteiger partial charge in [-0.1, -0.05) is 42.5 Å². The SMILES string of the molecule is Cc1cc(=O)nc2c3ccccc3n([C@@H](C)C(=O)NCCc3ccccc3)n12. The number of fused-ring (bicyclic) bond motifs is 3. The zero-order chi connectivity index (χ0) is 19.7. The van der Waals surface area contributed by atoms with Crippen LogP contribution in [0.4, 0.5) is 0 Å². The van der Waals surface area contributed by atoms with Crippen molar-refractivity contribution in [2.24, 2.45) is 0 Å². The number of hydrogen-bond donors (Lipinski definition) is 1. The van der Waals surface area contributed by atoms with E-state index < -0.39 is 6.04 Å². The van der Waals surface area contributed by atoms with Crippen LogP contribution in [0.1, 0.15) is 24.2 Å². The molecule has 4 aromatic rings. The molecule has 0 bridgehead atoms. The molecule has 0 aliphatic heterocycles. The van der Waals surface area contributed by atoms with E-state index in [4.69, 9.17) is 0 Å². The summed E-state index contributed by atoms with van der Waals surface area (Å²) in [5, 5.41) is 3.88. The molecule has 0 spiro atoms. The zero-order valence-electron chi connectivity index (χ0n) is 15.9. The lowest BCUT2D eigenvalue weighted by molar-refractivity contribution is -0.124. The predicted octanol–water partition coefficient (Wildman–Crippen LogP) is 2.88. The molecule has 28 heavy (non-hydrogen) atoms. The van der Waals surface area contributed by atoms with Crippen LogP contribution in [0.25, 0.3) is 16.6 Å². The van der Waals surface area contributed by atoms with E-state index in [-0.39, 0.29) is 11.5 Å². The molecular formula is C22H22N4O2. The van der Waals surface area contributed by atoms with Gasteiger partial charge < -0.3 is 5.32 Å². The number of nitrogens with zero attached hydrogens (tertiary/aromatic N) is 3.